The van der Waals surface area contributed by atoms with E-state index in [-0.39, 0.29) is 0 Å². The molecule has 0 radical (unpaired) electrons. The Morgan fingerprint density at radius 2 is 1.70 bits per heavy atom. The largest absolute Gasteiger partial charge is 0.402 e. The summed E-state index contributed by atoms with van der Waals surface area (Å²) in [6.07, 6.45) is 1.75. The molecule has 0 unspecified atom stereocenters. The van der Waals surface area contributed by atoms with Gasteiger partial charge in [-0.25, -0.2) is 9.79 Å². The molecule has 23 heavy (non-hydrogen) atoms. The van der Waals surface area contributed by atoms with Crippen molar-refractivity contribution in [3.63, 3.8) is 0 Å². The Labute approximate surface area is 143 Å². The predicted octanol–water partition coefficient (Wildman–Crippen LogP) is 4.92. The molecule has 0 aliphatic carbocycles. The molecular formula is C19H16BrNO2. The van der Waals surface area contributed by atoms with Crippen LogP contribution in [0.5, 0.6) is 0 Å². The molecule has 0 amide bonds. The van der Waals surface area contributed by atoms with Crippen molar-refractivity contribution in [2.24, 2.45) is 4.99 Å². The zero-order chi connectivity index (χ0) is 16.4. The maximum Gasteiger partial charge on any atom is 0.363 e. The summed E-state index contributed by atoms with van der Waals surface area (Å²) in [5, 5.41) is 0. The minimum atomic E-state index is -0.421. The van der Waals surface area contributed by atoms with Crippen molar-refractivity contribution < 1.29 is 9.53 Å². The number of cyclic esters (lactones) is 1. The first-order valence-electron chi connectivity index (χ1n) is 7.41. The van der Waals surface area contributed by atoms with Gasteiger partial charge >= 0.3 is 5.97 Å². The zero-order valence-corrected chi connectivity index (χ0v) is 14.5. The minimum absolute atomic E-state index is 0.320. The molecule has 2 aromatic rings. The SMILES string of the molecule is CC(C)c1ccc(C=C2N=C(c3ccc(Br)cc3)OC2=O)cc1. The van der Waals surface area contributed by atoms with Gasteiger partial charge in [0.1, 0.15) is 0 Å². The fourth-order valence-electron chi connectivity index (χ4n) is 2.26. The summed E-state index contributed by atoms with van der Waals surface area (Å²) in [6.45, 7) is 4.30. The van der Waals surface area contributed by atoms with Gasteiger partial charge in [0.05, 0.1) is 0 Å². The summed E-state index contributed by atoms with van der Waals surface area (Å²) in [7, 11) is 0. The lowest BCUT2D eigenvalue weighted by molar-refractivity contribution is -0.129. The molecule has 1 heterocycles. The normalized spacial score (nSPS) is 15.9. The third-order valence-electron chi connectivity index (χ3n) is 3.62. The van der Waals surface area contributed by atoms with Gasteiger partial charge < -0.3 is 4.74 Å². The van der Waals surface area contributed by atoms with E-state index in [1.54, 1.807) is 6.08 Å². The van der Waals surface area contributed by atoms with Crippen molar-refractivity contribution in [3.8, 4) is 0 Å². The highest BCUT2D eigenvalue weighted by atomic mass is 79.9. The van der Waals surface area contributed by atoms with Crippen LogP contribution in [-0.4, -0.2) is 11.9 Å². The van der Waals surface area contributed by atoms with Crippen LogP contribution in [0.25, 0.3) is 6.08 Å². The standard InChI is InChI=1S/C19H16BrNO2/c1-12(2)14-5-3-13(4-6-14)11-17-19(22)23-18(21-17)15-7-9-16(20)10-8-15/h3-12H,1-2H3. The Morgan fingerprint density at radius 1 is 1.04 bits per heavy atom. The lowest BCUT2D eigenvalue weighted by Gasteiger charge is -2.04. The lowest BCUT2D eigenvalue weighted by Crippen LogP contribution is -2.05. The van der Waals surface area contributed by atoms with Crippen molar-refractivity contribution in [1.82, 2.24) is 0 Å². The van der Waals surface area contributed by atoms with E-state index >= 15 is 0 Å². The molecule has 0 bridgehead atoms. The molecule has 0 saturated carbocycles. The topological polar surface area (TPSA) is 38.7 Å². The zero-order valence-electron chi connectivity index (χ0n) is 12.9. The van der Waals surface area contributed by atoms with Crippen molar-refractivity contribution in [3.05, 3.63) is 75.4 Å². The highest BCUT2D eigenvalue weighted by Crippen LogP contribution is 2.21. The average molecular weight is 370 g/mol. The first kappa shape index (κ1) is 15.7. The van der Waals surface area contributed by atoms with E-state index in [0.717, 1.165) is 15.6 Å². The van der Waals surface area contributed by atoms with Crippen molar-refractivity contribution >= 4 is 33.9 Å². The van der Waals surface area contributed by atoms with E-state index in [0.29, 0.717) is 17.5 Å². The monoisotopic (exact) mass is 369 g/mol. The number of benzene rings is 2. The third-order valence-corrected chi connectivity index (χ3v) is 4.15. The number of carbonyl (C=O) groups is 1. The Bertz CT molecular complexity index is 787. The van der Waals surface area contributed by atoms with E-state index in [4.69, 9.17) is 4.74 Å². The lowest BCUT2D eigenvalue weighted by atomic mass is 10.0. The fraction of sp³-hybridized carbons (Fsp3) is 0.158. The van der Waals surface area contributed by atoms with Crippen LogP contribution in [0.3, 0.4) is 0 Å². The maximum atomic E-state index is 12.0. The second-order valence-electron chi connectivity index (χ2n) is 5.66. The second-order valence-corrected chi connectivity index (χ2v) is 6.58. The summed E-state index contributed by atoms with van der Waals surface area (Å²) in [5.41, 5.74) is 3.29. The Kier molecular flexibility index (Phi) is 4.44. The number of rotatable bonds is 3. The van der Waals surface area contributed by atoms with E-state index in [9.17, 15) is 4.79 Å². The van der Waals surface area contributed by atoms with Crippen LogP contribution in [0.15, 0.2) is 63.7 Å². The average Bonchev–Trinajstić information content (AvgIpc) is 2.89. The van der Waals surface area contributed by atoms with Gasteiger partial charge in [0.2, 0.25) is 5.90 Å². The highest BCUT2D eigenvalue weighted by molar-refractivity contribution is 9.10. The molecule has 0 aromatic heterocycles. The number of hydrogen-bond acceptors (Lipinski definition) is 3. The molecule has 116 valence electrons. The van der Waals surface area contributed by atoms with Gasteiger partial charge in [-0.2, -0.15) is 0 Å². The summed E-state index contributed by atoms with van der Waals surface area (Å²) in [6, 6.07) is 15.6. The van der Waals surface area contributed by atoms with Gasteiger partial charge in [-0.1, -0.05) is 54.0 Å². The molecule has 2 aromatic carbocycles. The van der Waals surface area contributed by atoms with Gasteiger partial charge in [-0.05, 0) is 47.4 Å². The molecule has 0 fully saturated rings. The highest BCUT2D eigenvalue weighted by Gasteiger charge is 2.23. The molecule has 1 aliphatic rings. The van der Waals surface area contributed by atoms with E-state index in [2.05, 4.69) is 46.9 Å². The number of ether oxygens (including phenoxy) is 1. The van der Waals surface area contributed by atoms with Gasteiger partial charge in [0, 0.05) is 10.0 Å². The Balaban J connectivity index is 1.87. The van der Waals surface area contributed by atoms with Crippen LogP contribution < -0.4 is 0 Å². The number of halogens is 1. The molecule has 3 rings (SSSR count). The quantitative estimate of drug-likeness (QED) is 0.568. The molecule has 0 N–H and O–H groups in total. The van der Waals surface area contributed by atoms with Gasteiger partial charge in [-0.3, -0.25) is 0 Å². The molecule has 0 spiro atoms. The maximum absolute atomic E-state index is 12.0. The van der Waals surface area contributed by atoms with Crippen LogP contribution in [-0.2, 0) is 9.53 Å². The third kappa shape index (κ3) is 3.59. The summed E-state index contributed by atoms with van der Waals surface area (Å²) >= 11 is 3.38. The smallest absolute Gasteiger partial charge is 0.363 e. The summed E-state index contributed by atoms with van der Waals surface area (Å²) in [4.78, 5) is 16.3. The molecule has 0 saturated heterocycles. The Morgan fingerprint density at radius 3 is 2.30 bits per heavy atom. The van der Waals surface area contributed by atoms with Crippen LogP contribution >= 0.6 is 15.9 Å². The second kappa shape index (κ2) is 6.50. The van der Waals surface area contributed by atoms with Gasteiger partial charge in [-0.15, -0.1) is 0 Å². The van der Waals surface area contributed by atoms with Gasteiger partial charge in [0.15, 0.2) is 5.70 Å². The number of aliphatic imine (C=N–C) groups is 1. The minimum Gasteiger partial charge on any atom is -0.402 e. The van der Waals surface area contributed by atoms with Crippen molar-refractivity contribution in [2.45, 2.75) is 19.8 Å². The van der Waals surface area contributed by atoms with Crippen molar-refractivity contribution in [2.75, 3.05) is 0 Å². The van der Waals surface area contributed by atoms with Crippen LogP contribution in [0.2, 0.25) is 0 Å². The van der Waals surface area contributed by atoms with E-state index in [1.165, 1.54) is 5.56 Å². The molecule has 1 aliphatic heterocycles. The summed E-state index contributed by atoms with van der Waals surface area (Å²) in [5.74, 6) is 0.401. The van der Waals surface area contributed by atoms with E-state index in [1.807, 2.05) is 36.4 Å². The first-order chi connectivity index (χ1) is 11.0. The number of carbonyl (C=O) groups excluding carboxylic acids is 1. The number of hydrogen-bond donors (Lipinski definition) is 0. The first-order valence-corrected chi connectivity index (χ1v) is 8.21. The van der Waals surface area contributed by atoms with Crippen LogP contribution in [0.4, 0.5) is 0 Å². The fourth-order valence-corrected chi connectivity index (χ4v) is 2.52. The molecule has 3 nitrogen and oxygen atoms in total. The Hall–Kier alpha value is -2.20. The van der Waals surface area contributed by atoms with Crippen LogP contribution in [0.1, 0.15) is 36.5 Å². The summed E-state index contributed by atoms with van der Waals surface area (Å²) < 4.78 is 6.23. The number of esters is 1. The van der Waals surface area contributed by atoms with E-state index < -0.39 is 5.97 Å². The molecular weight excluding hydrogens is 354 g/mol. The molecule has 0 atom stereocenters. The molecule has 4 heteroatoms. The van der Waals surface area contributed by atoms with Crippen molar-refractivity contribution in [1.29, 1.82) is 0 Å². The number of nitrogens with zero attached hydrogens (tertiary/aromatic N) is 1. The predicted molar refractivity (Wildman–Crippen MR) is 95.3 cm³/mol. The van der Waals surface area contributed by atoms with Crippen LogP contribution in [0, 0.1) is 0 Å². The van der Waals surface area contributed by atoms with Gasteiger partial charge in [0.25, 0.3) is 0 Å².